The van der Waals surface area contributed by atoms with Crippen molar-refractivity contribution in [3.63, 3.8) is 0 Å². The van der Waals surface area contributed by atoms with Crippen LogP contribution in [-0.2, 0) is 17.6 Å². The number of rotatable bonds is 3. The summed E-state index contributed by atoms with van der Waals surface area (Å²) in [6, 6.07) is 17.6. The zero-order valence-electron chi connectivity index (χ0n) is 15.9. The maximum atomic E-state index is 13.4. The second kappa shape index (κ2) is 7.99. The molecule has 0 bridgehead atoms. The highest BCUT2D eigenvalue weighted by atomic mass is 35.5. The Morgan fingerprint density at radius 3 is 2.87 bits per heavy atom. The van der Waals surface area contributed by atoms with Crippen molar-refractivity contribution >= 4 is 52.4 Å². The van der Waals surface area contributed by atoms with Crippen LogP contribution in [0.15, 0.2) is 63.3 Å². The van der Waals surface area contributed by atoms with Gasteiger partial charge in [0, 0.05) is 20.5 Å². The number of hydrogen-bond donors (Lipinski definition) is 0. The number of halogens is 1. The molecule has 148 valence electrons. The normalized spacial score (nSPS) is 13.9. The van der Waals surface area contributed by atoms with Crippen LogP contribution < -0.4 is 4.90 Å². The van der Waals surface area contributed by atoms with Crippen LogP contribution in [0.1, 0.15) is 23.2 Å². The molecule has 0 unspecified atom stereocenters. The molecule has 4 nitrogen and oxygen atoms in total. The molecular weight excluding hydrogens is 434 g/mol. The summed E-state index contributed by atoms with van der Waals surface area (Å²) in [5, 5.41) is 10.8. The number of nitriles is 1. The molecule has 0 saturated carbocycles. The number of para-hydroxylation sites is 1. The van der Waals surface area contributed by atoms with Crippen LogP contribution in [0.25, 0.3) is 0 Å². The quantitative estimate of drug-likeness (QED) is 0.458. The number of benzene rings is 2. The summed E-state index contributed by atoms with van der Waals surface area (Å²) in [5.41, 5.74) is 4.41. The van der Waals surface area contributed by atoms with E-state index in [0.717, 1.165) is 51.7 Å². The highest BCUT2D eigenvalue weighted by Gasteiger charge is 2.28. The predicted octanol–water partition coefficient (Wildman–Crippen LogP) is 6.02. The van der Waals surface area contributed by atoms with Gasteiger partial charge in [0.15, 0.2) is 0 Å². The Bertz CT molecular complexity index is 1220. The summed E-state index contributed by atoms with van der Waals surface area (Å²) in [4.78, 5) is 21.8. The van der Waals surface area contributed by atoms with Crippen molar-refractivity contribution in [2.75, 3.05) is 10.7 Å². The fourth-order valence-corrected chi connectivity index (χ4v) is 5.86. The van der Waals surface area contributed by atoms with Crippen LogP contribution in [0.5, 0.6) is 0 Å². The van der Waals surface area contributed by atoms with Crippen LogP contribution >= 0.6 is 35.1 Å². The highest BCUT2D eigenvalue weighted by molar-refractivity contribution is 8.00. The minimum Gasteiger partial charge on any atom is -0.278 e. The summed E-state index contributed by atoms with van der Waals surface area (Å²) in [7, 11) is 0. The number of aromatic nitrogens is 1. The monoisotopic (exact) mass is 449 g/mol. The molecule has 0 atom stereocenters. The molecule has 1 aliphatic carbocycles. The zero-order chi connectivity index (χ0) is 20.7. The molecule has 2 aromatic carbocycles. The Morgan fingerprint density at radius 2 is 2.00 bits per heavy atom. The number of carbonyl (C=O) groups is 1. The van der Waals surface area contributed by atoms with Crippen molar-refractivity contribution in [3.05, 3.63) is 70.4 Å². The van der Waals surface area contributed by atoms with Crippen LogP contribution in [0.3, 0.4) is 0 Å². The molecule has 0 N–H and O–H groups in total. The van der Waals surface area contributed by atoms with Gasteiger partial charge in [0.2, 0.25) is 5.91 Å². The maximum absolute atomic E-state index is 13.4. The lowest BCUT2D eigenvalue weighted by atomic mass is 10.2. The van der Waals surface area contributed by atoms with Crippen LogP contribution in [-0.4, -0.2) is 16.6 Å². The number of anilines is 2. The lowest BCUT2D eigenvalue weighted by Gasteiger charge is -2.31. The van der Waals surface area contributed by atoms with E-state index in [0.29, 0.717) is 15.6 Å². The highest BCUT2D eigenvalue weighted by Crippen LogP contribution is 2.49. The molecule has 3 aromatic rings. The Hall–Kier alpha value is -2.46. The Labute approximate surface area is 188 Å². The summed E-state index contributed by atoms with van der Waals surface area (Å²) < 4.78 is 0. The number of nitrogens with zero attached hydrogens (tertiary/aromatic N) is 3. The van der Waals surface area contributed by atoms with Crippen molar-refractivity contribution in [2.24, 2.45) is 0 Å². The minimum atomic E-state index is -0.0672. The minimum absolute atomic E-state index is 0.0672. The van der Waals surface area contributed by atoms with Gasteiger partial charge in [-0.1, -0.05) is 47.3 Å². The first-order valence-electron chi connectivity index (χ1n) is 9.59. The van der Waals surface area contributed by atoms with Gasteiger partial charge in [-0.05, 0) is 61.2 Å². The third-order valence-corrected chi connectivity index (χ3v) is 7.55. The molecule has 0 saturated heterocycles. The van der Waals surface area contributed by atoms with Crippen LogP contribution in [0.2, 0.25) is 5.02 Å². The van der Waals surface area contributed by atoms with E-state index in [4.69, 9.17) is 11.6 Å². The lowest BCUT2D eigenvalue weighted by Crippen LogP contribution is -2.30. The van der Waals surface area contributed by atoms with Crippen molar-refractivity contribution in [3.8, 4) is 6.07 Å². The van der Waals surface area contributed by atoms with Crippen molar-refractivity contribution in [1.82, 2.24) is 4.98 Å². The van der Waals surface area contributed by atoms with Crippen molar-refractivity contribution in [1.29, 1.82) is 5.26 Å². The second-order valence-electron chi connectivity index (χ2n) is 7.11. The molecule has 0 fully saturated rings. The first kappa shape index (κ1) is 19.5. The molecule has 1 aromatic heterocycles. The average molecular weight is 450 g/mol. The molecule has 0 radical (unpaired) electrons. The number of amides is 1. The first-order valence-corrected chi connectivity index (χ1v) is 11.8. The smallest absolute Gasteiger partial charge is 0.242 e. The van der Waals surface area contributed by atoms with E-state index < -0.39 is 0 Å². The van der Waals surface area contributed by atoms with E-state index >= 15 is 0 Å². The molecule has 1 aliphatic heterocycles. The van der Waals surface area contributed by atoms with Crippen molar-refractivity contribution < 1.29 is 4.79 Å². The van der Waals surface area contributed by atoms with Gasteiger partial charge in [-0.15, -0.1) is 0 Å². The van der Waals surface area contributed by atoms with E-state index in [2.05, 4.69) is 11.1 Å². The SMILES string of the molecule is N#Cc1cc2c(nc1SCC(=O)N1c3ccccc3Sc3ccc(Cl)cc31)CCC2. The lowest BCUT2D eigenvalue weighted by molar-refractivity contribution is -0.115. The number of aryl methyl sites for hydroxylation is 2. The maximum Gasteiger partial charge on any atom is 0.242 e. The second-order valence-corrected chi connectivity index (χ2v) is 9.60. The Balaban J connectivity index is 1.46. The first-order chi connectivity index (χ1) is 14.6. The van der Waals surface area contributed by atoms with Gasteiger partial charge in [0.05, 0.1) is 22.7 Å². The molecule has 2 heterocycles. The van der Waals surface area contributed by atoms with Gasteiger partial charge in [-0.25, -0.2) is 4.98 Å². The molecule has 1 amide bonds. The summed E-state index contributed by atoms with van der Waals surface area (Å²) >= 11 is 9.20. The van der Waals surface area contributed by atoms with E-state index in [9.17, 15) is 10.1 Å². The number of carbonyl (C=O) groups excluding carboxylic acids is 1. The van der Waals surface area contributed by atoms with E-state index in [1.165, 1.54) is 11.8 Å². The van der Waals surface area contributed by atoms with Crippen LogP contribution in [0, 0.1) is 11.3 Å². The topological polar surface area (TPSA) is 57.0 Å². The Morgan fingerprint density at radius 1 is 1.17 bits per heavy atom. The molecule has 7 heteroatoms. The van der Waals surface area contributed by atoms with Gasteiger partial charge in [0.1, 0.15) is 11.1 Å². The van der Waals surface area contributed by atoms with E-state index in [1.54, 1.807) is 16.7 Å². The Kier molecular flexibility index (Phi) is 5.20. The fraction of sp³-hybridized carbons (Fsp3) is 0.174. The van der Waals surface area contributed by atoms with Gasteiger partial charge in [0.25, 0.3) is 0 Å². The molecule has 0 spiro atoms. The number of hydrogen-bond acceptors (Lipinski definition) is 5. The number of fused-ring (bicyclic) bond motifs is 3. The molecule has 5 rings (SSSR count). The van der Waals surface area contributed by atoms with Gasteiger partial charge < -0.3 is 0 Å². The standard InChI is InChI=1S/C23H16ClN3OS2/c24-16-8-9-21-19(11-16)27(18-6-1-2-7-20(18)30-21)22(28)13-29-23-15(12-25)10-14-4-3-5-17(14)26-23/h1-2,6-11H,3-5,13H2. The van der Waals surface area contributed by atoms with Gasteiger partial charge in [-0.3, -0.25) is 9.69 Å². The van der Waals surface area contributed by atoms with E-state index in [-0.39, 0.29) is 11.7 Å². The third-order valence-electron chi connectivity index (χ3n) is 5.21. The number of thioether (sulfide) groups is 1. The average Bonchev–Trinajstić information content (AvgIpc) is 3.22. The fourth-order valence-electron chi connectivity index (χ4n) is 3.83. The van der Waals surface area contributed by atoms with Crippen LogP contribution in [0.4, 0.5) is 11.4 Å². The predicted molar refractivity (Wildman–Crippen MR) is 121 cm³/mol. The largest absolute Gasteiger partial charge is 0.278 e. The van der Waals surface area contributed by atoms with Gasteiger partial charge >= 0.3 is 0 Å². The van der Waals surface area contributed by atoms with Crippen molar-refractivity contribution in [2.45, 2.75) is 34.1 Å². The summed E-state index contributed by atoms with van der Waals surface area (Å²) in [6.07, 6.45) is 2.98. The van der Waals surface area contributed by atoms with E-state index in [1.807, 2.05) is 48.5 Å². The zero-order valence-corrected chi connectivity index (χ0v) is 18.3. The third kappa shape index (κ3) is 3.47. The summed E-state index contributed by atoms with van der Waals surface area (Å²) in [5.74, 6) is 0.119. The molecular formula is C23H16ClN3OS2. The van der Waals surface area contributed by atoms with Gasteiger partial charge in [-0.2, -0.15) is 5.26 Å². The molecule has 2 aliphatic rings. The summed E-state index contributed by atoms with van der Waals surface area (Å²) in [6.45, 7) is 0. The number of pyridine rings is 1. The molecule has 30 heavy (non-hydrogen) atoms.